The molecule has 0 fully saturated rings. The van der Waals surface area contributed by atoms with Gasteiger partial charge in [0.15, 0.2) is 5.58 Å². The number of hydrogen-bond acceptors (Lipinski definition) is 5. The van der Waals surface area contributed by atoms with Crippen LogP contribution in [0.15, 0.2) is 71.3 Å². The molecule has 0 saturated carbocycles. The molecule has 29 heavy (non-hydrogen) atoms. The number of carboxylic acids is 1. The van der Waals surface area contributed by atoms with Crippen molar-refractivity contribution >= 4 is 16.9 Å². The summed E-state index contributed by atoms with van der Waals surface area (Å²) in [6.07, 6.45) is -0.0998. The Morgan fingerprint density at radius 2 is 1.86 bits per heavy atom. The van der Waals surface area contributed by atoms with E-state index in [1.54, 1.807) is 18.2 Å². The van der Waals surface area contributed by atoms with Crippen LogP contribution < -0.4 is 10.5 Å². The molecule has 0 atom stereocenters. The van der Waals surface area contributed by atoms with Gasteiger partial charge in [-0.2, -0.15) is 0 Å². The maximum atomic E-state index is 11.1. The number of para-hydroxylation sites is 1. The van der Waals surface area contributed by atoms with Crippen LogP contribution in [0, 0.1) is 0 Å². The number of nitrogens with two attached hydrogens (primary N) is 1. The number of nitrogens with zero attached hydrogens (tertiary/aromatic N) is 1. The third-order valence-electron chi connectivity index (χ3n) is 4.72. The number of aromatic nitrogens is 1. The highest BCUT2D eigenvalue weighted by Crippen LogP contribution is 2.28. The summed E-state index contributed by atoms with van der Waals surface area (Å²) in [6.45, 7) is 0.661. The first kappa shape index (κ1) is 18.7. The Balaban J connectivity index is 1.61. The van der Waals surface area contributed by atoms with Gasteiger partial charge in [0.25, 0.3) is 0 Å². The number of hydrogen-bond donors (Lipinski definition) is 2. The molecule has 6 heteroatoms. The zero-order valence-corrected chi connectivity index (χ0v) is 15.7. The highest BCUT2D eigenvalue weighted by atomic mass is 16.5. The standard InChI is InChI=1S/C23H20N2O4/c24-13-15-4-3-6-16(10-15)17-8-9-22-19(11-17)20(25-29-22)14-28-21-7-2-1-5-18(21)12-23(26)27/h1-11H,12-14,24H2,(H,26,27). The van der Waals surface area contributed by atoms with Crippen LogP contribution in [0.4, 0.5) is 0 Å². The summed E-state index contributed by atoms with van der Waals surface area (Å²) in [5.74, 6) is -0.380. The second-order valence-electron chi connectivity index (χ2n) is 6.71. The van der Waals surface area contributed by atoms with E-state index in [1.807, 2.05) is 42.5 Å². The number of carboxylic acid groups (broad SMARTS) is 1. The topological polar surface area (TPSA) is 98.6 Å². The number of carbonyl (C=O) groups is 1. The van der Waals surface area contributed by atoms with Gasteiger partial charge in [-0.15, -0.1) is 0 Å². The highest BCUT2D eigenvalue weighted by molar-refractivity contribution is 5.85. The molecule has 0 amide bonds. The average Bonchev–Trinajstić information content (AvgIpc) is 3.15. The first-order chi connectivity index (χ1) is 14.1. The third-order valence-corrected chi connectivity index (χ3v) is 4.72. The van der Waals surface area contributed by atoms with Crippen LogP contribution in [0.3, 0.4) is 0 Å². The number of ether oxygens (including phenoxy) is 1. The molecule has 3 N–H and O–H groups in total. The minimum atomic E-state index is -0.905. The monoisotopic (exact) mass is 388 g/mol. The molecule has 3 aromatic carbocycles. The molecule has 1 heterocycles. The summed E-state index contributed by atoms with van der Waals surface area (Å²) >= 11 is 0. The highest BCUT2D eigenvalue weighted by Gasteiger charge is 2.13. The van der Waals surface area contributed by atoms with Gasteiger partial charge in [-0.3, -0.25) is 4.79 Å². The van der Waals surface area contributed by atoms with E-state index in [0.29, 0.717) is 29.1 Å². The molecule has 0 bridgehead atoms. The SMILES string of the molecule is NCc1cccc(-c2ccc3onc(COc4ccccc4CC(=O)O)c3c2)c1. The fraction of sp³-hybridized carbons (Fsp3) is 0.130. The van der Waals surface area contributed by atoms with Crippen molar-refractivity contribution < 1.29 is 19.2 Å². The second-order valence-corrected chi connectivity index (χ2v) is 6.71. The van der Waals surface area contributed by atoms with Crippen LogP contribution >= 0.6 is 0 Å². The van der Waals surface area contributed by atoms with Crippen LogP contribution in [0.1, 0.15) is 16.8 Å². The van der Waals surface area contributed by atoms with Crippen molar-refractivity contribution in [3.8, 4) is 16.9 Å². The van der Waals surface area contributed by atoms with E-state index in [4.69, 9.17) is 20.1 Å². The van der Waals surface area contributed by atoms with E-state index in [-0.39, 0.29) is 13.0 Å². The Morgan fingerprint density at radius 1 is 1.03 bits per heavy atom. The molecule has 0 aliphatic heterocycles. The lowest BCUT2D eigenvalue weighted by Gasteiger charge is -2.09. The zero-order chi connectivity index (χ0) is 20.2. The maximum Gasteiger partial charge on any atom is 0.307 e. The molecule has 0 aliphatic rings. The Kier molecular flexibility index (Phi) is 5.27. The summed E-state index contributed by atoms with van der Waals surface area (Å²) in [6, 6.07) is 21.1. The smallest absolute Gasteiger partial charge is 0.307 e. The molecule has 4 aromatic rings. The van der Waals surface area contributed by atoms with Crippen molar-refractivity contribution in [1.29, 1.82) is 0 Å². The molecule has 6 nitrogen and oxygen atoms in total. The van der Waals surface area contributed by atoms with Gasteiger partial charge in [-0.1, -0.05) is 47.6 Å². The largest absolute Gasteiger partial charge is 0.487 e. The quantitative estimate of drug-likeness (QED) is 0.493. The molecule has 0 unspecified atom stereocenters. The summed E-state index contributed by atoms with van der Waals surface area (Å²) < 4.78 is 11.3. The van der Waals surface area contributed by atoms with Crippen molar-refractivity contribution in [2.75, 3.05) is 0 Å². The lowest BCUT2D eigenvalue weighted by molar-refractivity contribution is -0.136. The average molecular weight is 388 g/mol. The Bertz CT molecular complexity index is 1170. The predicted octanol–water partition coefficient (Wildman–Crippen LogP) is 4.16. The Morgan fingerprint density at radius 3 is 2.69 bits per heavy atom. The van der Waals surface area contributed by atoms with Crippen LogP contribution in [-0.4, -0.2) is 16.2 Å². The molecular formula is C23H20N2O4. The van der Waals surface area contributed by atoms with E-state index in [9.17, 15) is 4.79 Å². The van der Waals surface area contributed by atoms with Crippen molar-refractivity contribution in [2.24, 2.45) is 5.73 Å². The van der Waals surface area contributed by atoms with Gasteiger partial charge in [-0.05, 0) is 41.0 Å². The van der Waals surface area contributed by atoms with Gasteiger partial charge in [0.05, 0.1) is 6.42 Å². The molecule has 146 valence electrons. The normalized spacial score (nSPS) is 10.9. The van der Waals surface area contributed by atoms with E-state index >= 15 is 0 Å². The zero-order valence-electron chi connectivity index (χ0n) is 15.7. The van der Waals surface area contributed by atoms with Crippen LogP contribution in [0.2, 0.25) is 0 Å². The maximum absolute atomic E-state index is 11.1. The fourth-order valence-electron chi connectivity index (χ4n) is 3.25. The molecule has 0 radical (unpaired) electrons. The van der Waals surface area contributed by atoms with Gasteiger partial charge < -0.3 is 20.1 Å². The van der Waals surface area contributed by atoms with Crippen molar-refractivity contribution in [2.45, 2.75) is 19.6 Å². The minimum absolute atomic E-state index is 0.0998. The lowest BCUT2D eigenvalue weighted by atomic mass is 10.0. The Labute approximate surface area is 167 Å². The van der Waals surface area contributed by atoms with Crippen LogP contribution in [0.25, 0.3) is 22.1 Å². The Hall–Kier alpha value is -3.64. The van der Waals surface area contributed by atoms with E-state index in [0.717, 1.165) is 22.1 Å². The summed E-state index contributed by atoms with van der Waals surface area (Å²) in [7, 11) is 0. The second kappa shape index (κ2) is 8.16. The van der Waals surface area contributed by atoms with Gasteiger partial charge in [0.2, 0.25) is 0 Å². The molecular weight excluding hydrogens is 368 g/mol. The lowest BCUT2D eigenvalue weighted by Crippen LogP contribution is -2.04. The number of benzene rings is 3. The molecule has 0 spiro atoms. The summed E-state index contributed by atoms with van der Waals surface area (Å²) in [5.41, 5.74) is 10.9. The molecule has 4 rings (SSSR count). The van der Waals surface area contributed by atoms with Crippen molar-refractivity contribution in [3.63, 3.8) is 0 Å². The molecule has 0 saturated heterocycles. The summed E-state index contributed by atoms with van der Waals surface area (Å²) in [4.78, 5) is 11.1. The van der Waals surface area contributed by atoms with E-state index in [2.05, 4.69) is 11.2 Å². The minimum Gasteiger partial charge on any atom is -0.487 e. The molecule has 0 aliphatic carbocycles. The van der Waals surface area contributed by atoms with Gasteiger partial charge in [0.1, 0.15) is 18.1 Å². The van der Waals surface area contributed by atoms with Gasteiger partial charge in [0, 0.05) is 17.5 Å². The number of aliphatic carboxylic acids is 1. The summed E-state index contributed by atoms with van der Waals surface area (Å²) in [5, 5.41) is 14.1. The van der Waals surface area contributed by atoms with E-state index in [1.165, 1.54) is 0 Å². The van der Waals surface area contributed by atoms with Crippen molar-refractivity contribution in [3.05, 3.63) is 83.6 Å². The van der Waals surface area contributed by atoms with Gasteiger partial charge in [-0.25, -0.2) is 0 Å². The molecule has 1 aromatic heterocycles. The first-order valence-corrected chi connectivity index (χ1v) is 9.24. The third kappa shape index (κ3) is 4.12. The first-order valence-electron chi connectivity index (χ1n) is 9.24. The van der Waals surface area contributed by atoms with E-state index < -0.39 is 5.97 Å². The number of fused-ring (bicyclic) bond motifs is 1. The number of rotatable bonds is 7. The van der Waals surface area contributed by atoms with Crippen LogP contribution in [0.5, 0.6) is 5.75 Å². The van der Waals surface area contributed by atoms with Gasteiger partial charge >= 0.3 is 5.97 Å². The van der Waals surface area contributed by atoms with Crippen LogP contribution in [-0.2, 0) is 24.4 Å². The fourth-order valence-corrected chi connectivity index (χ4v) is 3.25. The predicted molar refractivity (Wildman–Crippen MR) is 109 cm³/mol. The van der Waals surface area contributed by atoms with Crippen molar-refractivity contribution in [1.82, 2.24) is 5.16 Å².